The molecule has 0 aliphatic carbocycles. The molecule has 1 aliphatic heterocycles. The largest absolute Gasteiger partial charge is 0.489 e. The summed E-state index contributed by atoms with van der Waals surface area (Å²) in [7, 11) is 1.64. The normalized spacial score (nSPS) is 17.1. The number of nitrogens with zero attached hydrogens (tertiary/aromatic N) is 2. The van der Waals surface area contributed by atoms with E-state index >= 15 is 4.79 Å². The molecule has 3 atom stereocenters. The lowest BCUT2D eigenvalue weighted by molar-refractivity contribution is -0.150. The van der Waals surface area contributed by atoms with Gasteiger partial charge < -0.3 is 34.5 Å². The minimum atomic E-state index is -0.519. The average molecular weight is 728 g/mol. The van der Waals surface area contributed by atoms with Gasteiger partial charge in [-0.25, -0.2) is 4.79 Å². The smallest absolute Gasteiger partial charge is 0.321 e. The van der Waals surface area contributed by atoms with Crippen LogP contribution in [0.3, 0.4) is 0 Å². The summed E-state index contributed by atoms with van der Waals surface area (Å²) in [6, 6.07) is 44.9. The zero-order valence-electron chi connectivity index (χ0n) is 30.8. The fourth-order valence-electron chi connectivity index (χ4n) is 7.03. The lowest BCUT2D eigenvalue weighted by atomic mass is 9.87. The topological polar surface area (TPSA) is 104 Å². The highest BCUT2D eigenvalue weighted by molar-refractivity contribution is 5.92. The van der Waals surface area contributed by atoms with E-state index in [1.165, 1.54) is 5.56 Å². The van der Waals surface area contributed by atoms with E-state index in [-0.39, 0.29) is 31.5 Å². The van der Waals surface area contributed by atoms with Gasteiger partial charge in [-0.15, -0.1) is 0 Å². The van der Waals surface area contributed by atoms with Crippen LogP contribution in [-0.2, 0) is 46.7 Å². The van der Waals surface area contributed by atoms with E-state index in [0.29, 0.717) is 44.8 Å². The molecule has 9 nitrogen and oxygen atoms in total. The predicted octanol–water partition coefficient (Wildman–Crippen LogP) is 7.42. The molecule has 280 valence electrons. The second-order valence-electron chi connectivity index (χ2n) is 13.5. The van der Waals surface area contributed by atoms with E-state index in [4.69, 9.17) is 24.7 Å². The van der Waals surface area contributed by atoms with Gasteiger partial charge in [-0.1, -0.05) is 115 Å². The Morgan fingerprint density at radius 3 is 1.93 bits per heavy atom. The maximum Gasteiger partial charge on any atom is 0.321 e. The van der Waals surface area contributed by atoms with Crippen molar-refractivity contribution in [1.82, 2.24) is 9.80 Å². The third kappa shape index (κ3) is 10.6. The third-order valence-corrected chi connectivity index (χ3v) is 9.75. The Bertz CT molecular complexity index is 1910. The van der Waals surface area contributed by atoms with Crippen molar-refractivity contribution in [2.24, 2.45) is 5.73 Å². The Labute approximate surface area is 318 Å². The summed E-state index contributed by atoms with van der Waals surface area (Å²) >= 11 is 0. The van der Waals surface area contributed by atoms with Crippen LogP contribution < -0.4 is 10.5 Å². The number of carbonyl (C=O) groups excluding carboxylic acids is 2. The van der Waals surface area contributed by atoms with Gasteiger partial charge in [-0.2, -0.15) is 0 Å². The molecular formula is C45H49N3O6. The van der Waals surface area contributed by atoms with Crippen LogP contribution in [0, 0.1) is 0 Å². The summed E-state index contributed by atoms with van der Waals surface area (Å²) in [5.74, 6) is 0.206. The third-order valence-electron chi connectivity index (χ3n) is 9.75. The number of hydrogen-bond acceptors (Lipinski definition) is 6. The quantitative estimate of drug-likeness (QED) is 0.0702. The number of urea groups is 1. The van der Waals surface area contributed by atoms with E-state index < -0.39 is 12.0 Å². The van der Waals surface area contributed by atoms with Gasteiger partial charge in [0.2, 0.25) is 5.91 Å². The standard InChI is InChI=1S/C45H49N3O6/c1-51-25-26-52-33-54-43-41(24-23-34-13-5-2-6-14-34)47(31-38-20-12-22-40(28-38)53-32-36-17-9-4-10-18-36)45(50)48(42(43)29-35-15-7-3-8-16-35)30-37-19-11-21-39(27-37)44(46)49/h2-22,27-28,41-43H,23-26,29-33H2,1H3,(H2,46,49)/t41-,42-,43-/m1/s1. The molecule has 1 fully saturated rings. The number of rotatable bonds is 19. The first-order valence-electron chi connectivity index (χ1n) is 18.5. The second kappa shape index (κ2) is 19.6. The summed E-state index contributed by atoms with van der Waals surface area (Å²) in [6.07, 6.45) is 1.53. The van der Waals surface area contributed by atoms with E-state index in [1.54, 1.807) is 25.3 Å². The first-order valence-corrected chi connectivity index (χ1v) is 18.5. The fourth-order valence-corrected chi connectivity index (χ4v) is 7.03. The van der Waals surface area contributed by atoms with Gasteiger partial charge in [0.25, 0.3) is 0 Å². The van der Waals surface area contributed by atoms with E-state index in [9.17, 15) is 4.79 Å². The lowest BCUT2D eigenvalue weighted by Crippen LogP contribution is -2.66. The maximum absolute atomic E-state index is 15.2. The number of aryl methyl sites for hydroxylation is 1. The summed E-state index contributed by atoms with van der Waals surface area (Å²) in [5.41, 5.74) is 11.1. The molecule has 2 N–H and O–H groups in total. The minimum absolute atomic E-state index is 0.0387. The van der Waals surface area contributed by atoms with Gasteiger partial charge in [0.15, 0.2) is 0 Å². The van der Waals surface area contributed by atoms with E-state index in [0.717, 1.165) is 34.4 Å². The lowest BCUT2D eigenvalue weighted by Gasteiger charge is -2.51. The Morgan fingerprint density at radius 1 is 0.667 bits per heavy atom. The summed E-state index contributed by atoms with van der Waals surface area (Å²) < 4.78 is 24.1. The number of carbonyl (C=O) groups is 2. The molecule has 5 aromatic carbocycles. The first-order chi connectivity index (χ1) is 26.5. The van der Waals surface area contributed by atoms with Crippen LogP contribution in [0.25, 0.3) is 0 Å². The number of primary amides is 1. The predicted molar refractivity (Wildman–Crippen MR) is 209 cm³/mol. The Hall–Kier alpha value is -5.48. The van der Waals surface area contributed by atoms with Crippen LogP contribution >= 0.6 is 0 Å². The van der Waals surface area contributed by atoms with Crippen molar-refractivity contribution in [3.05, 3.63) is 173 Å². The van der Waals surface area contributed by atoms with Gasteiger partial charge >= 0.3 is 6.03 Å². The molecule has 9 heteroatoms. The van der Waals surface area contributed by atoms with Crippen molar-refractivity contribution < 1.29 is 28.5 Å². The molecule has 1 heterocycles. The van der Waals surface area contributed by atoms with Crippen LogP contribution in [0.15, 0.2) is 140 Å². The number of benzene rings is 5. The number of ether oxygens (including phenoxy) is 4. The van der Waals surface area contributed by atoms with Crippen molar-refractivity contribution in [2.75, 3.05) is 27.1 Å². The monoisotopic (exact) mass is 727 g/mol. The van der Waals surface area contributed by atoms with Crippen molar-refractivity contribution in [3.63, 3.8) is 0 Å². The zero-order chi connectivity index (χ0) is 37.5. The molecule has 6 rings (SSSR count). The number of amides is 3. The zero-order valence-corrected chi connectivity index (χ0v) is 30.8. The van der Waals surface area contributed by atoms with Gasteiger partial charge in [0.05, 0.1) is 25.3 Å². The summed E-state index contributed by atoms with van der Waals surface area (Å²) in [4.78, 5) is 31.2. The van der Waals surface area contributed by atoms with Gasteiger partial charge in [-0.05, 0) is 71.3 Å². The number of hydrogen-bond donors (Lipinski definition) is 1. The van der Waals surface area contributed by atoms with Crippen LogP contribution in [0.2, 0.25) is 0 Å². The highest BCUT2D eigenvalue weighted by Crippen LogP contribution is 2.33. The maximum atomic E-state index is 15.2. The SMILES string of the molecule is COCCOCO[C@@H]1[C@@H](CCc2ccccc2)N(Cc2cccc(OCc3ccccc3)c2)C(=O)N(Cc2cccc(C(N)=O)c2)[C@@H]1Cc1ccccc1. The van der Waals surface area contributed by atoms with Crippen LogP contribution in [0.1, 0.15) is 44.6 Å². The van der Waals surface area contributed by atoms with Crippen molar-refractivity contribution >= 4 is 11.9 Å². The molecule has 0 bridgehead atoms. The molecule has 0 radical (unpaired) electrons. The number of methoxy groups -OCH3 is 1. The van der Waals surface area contributed by atoms with Crippen LogP contribution in [0.4, 0.5) is 4.79 Å². The number of nitrogens with two attached hydrogens (primary N) is 1. The fraction of sp³-hybridized carbons (Fsp3) is 0.289. The summed E-state index contributed by atoms with van der Waals surface area (Å²) in [5, 5.41) is 0. The molecule has 5 aromatic rings. The van der Waals surface area contributed by atoms with Crippen molar-refractivity contribution in [3.8, 4) is 5.75 Å². The van der Waals surface area contributed by atoms with E-state index in [2.05, 4.69) is 24.3 Å². The molecule has 1 saturated heterocycles. The van der Waals surface area contributed by atoms with Crippen LogP contribution in [0.5, 0.6) is 5.75 Å². The molecule has 0 unspecified atom stereocenters. The first kappa shape index (κ1) is 38.3. The highest BCUT2D eigenvalue weighted by atomic mass is 16.7. The minimum Gasteiger partial charge on any atom is -0.489 e. The molecule has 0 aromatic heterocycles. The molecule has 3 amide bonds. The highest BCUT2D eigenvalue weighted by Gasteiger charge is 2.47. The molecule has 1 aliphatic rings. The van der Waals surface area contributed by atoms with Gasteiger partial charge in [0.1, 0.15) is 25.3 Å². The molecular weight excluding hydrogens is 679 g/mol. The Balaban J connectivity index is 1.38. The Morgan fingerprint density at radius 2 is 1.26 bits per heavy atom. The molecule has 0 spiro atoms. The average Bonchev–Trinajstić information content (AvgIpc) is 3.21. The van der Waals surface area contributed by atoms with Crippen LogP contribution in [-0.4, -0.2) is 67.0 Å². The summed E-state index contributed by atoms with van der Waals surface area (Å²) in [6.45, 7) is 1.88. The van der Waals surface area contributed by atoms with Crippen molar-refractivity contribution in [1.29, 1.82) is 0 Å². The Kier molecular flexibility index (Phi) is 13.9. The van der Waals surface area contributed by atoms with E-state index in [1.807, 2.05) is 107 Å². The van der Waals surface area contributed by atoms with Gasteiger partial charge in [-0.3, -0.25) is 4.79 Å². The molecule has 0 saturated carbocycles. The van der Waals surface area contributed by atoms with Gasteiger partial charge in [0, 0.05) is 25.8 Å². The molecule has 54 heavy (non-hydrogen) atoms. The second-order valence-corrected chi connectivity index (χ2v) is 13.5. The van der Waals surface area contributed by atoms with Crippen molar-refractivity contribution in [2.45, 2.75) is 57.1 Å².